The third kappa shape index (κ3) is 4.34. The molecule has 9 nitrogen and oxygen atoms in total. The van der Waals surface area contributed by atoms with Crippen molar-refractivity contribution in [3.63, 3.8) is 0 Å². The van der Waals surface area contributed by atoms with E-state index in [0.29, 0.717) is 39.6 Å². The topological polar surface area (TPSA) is 137 Å². The highest BCUT2D eigenvalue weighted by atomic mass is 16.5. The standard InChI is InChI=1S/C27H24N4O5/c1-15-22(25(32)30-28-15)24(23-16(2)29-31-26(23)33)21-13-12-20(36-21)18-8-10-19(11-9-18)27(34)35-14-17-6-4-3-5-7-17/h3-13,24H,14H2,1-2H3,(H2,28,30,32)(H2,29,31,33). The van der Waals surface area contributed by atoms with Gasteiger partial charge in [0.1, 0.15) is 18.1 Å². The van der Waals surface area contributed by atoms with E-state index in [1.165, 1.54) is 0 Å². The highest BCUT2D eigenvalue weighted by molar-refractivity contribution is 5.90. The Morgan fingerprint density at radius 1 is 0.806 bits per heavy atom. The second kappa shape index (κ2) is 9.46. The van der Waals surface area contributed by atoms with E-state index in [1.54, 1.807) is 50.2 Å². The molecule has 9 heteroatoms. The number of carbonyl (C=O) groups is 1. The lowest BCUT2D eigenvalue weighted by Gasteiger charge is -2.12. The number of ether oxygens (including phenoxy) is 1. The Bertz CT molecular complexity index is 1560. The van der Waals surface area contributed by atoms with Crippen LogP contribution in [0.15, 0.2) is 80.7 Å². The van der Waals surface area contributed by atoms with E-state index >= 15 is 0 Å². The van der Waals surface area contributed by atoms with E-state index in [-0.39, 0.29) is 17.7 Å². The van der Waals surface area contributed by atoms with Crippen LogP contribution in [-0.4, -0.2) is 26.4 Å². The van der Waals surface area contributed by atoms with E-state index < -0.39 is 11.9 Å². The second-order valence-electron chi connectivity index (χ2n) is 8.51. The van der Waals surface area contributed by atoms with Crippen LogP contribution in [0.25, 0.3) is 11.3 Å². The van der Waals surface area contributed by atoms with Gasteiger partial charge in [-0.1, -0.05) is 42.5 Å². The van der Waals surface area contributed by atoms with Gasteiger partial charge in [0, 0.05) is 17.0 Å². The van der Waals surface area contributed by atoms with Gasteiger partial charge in [-0.2, -0.15) is 0 Å². The van der Waals surface area contributed by atoms with Gasteiger partial charge in [0.05, 0.1) is 22.6 Å². The first kappa shape index (κ1) is 23.0. The zero-order valence-electron chi connectivity index (χ0n) is 19.7. The average Bonchev–Trinajstić information content (AvgIpc) is 3.60. The molecule has 3 aromatic heterocycles. The van der Waals surface area contributed by atoms with Gasteiger partial charge < -0.3 is 19.4 Å². The molecule has 0 unspecified atom stereocenters. The van der Waals surface area contributed by atoms with Gasteiger partial charge >= 0.3 is 5.97 Å². The summed E-state index contributed by atoms with van der Waals surface area (Å²) < 4.78 is 11.5. The molecule has 3 heterocycles. The summed E-state index contributed by atoms with van der Waals surface area (Å²) in [5.41, 5.74) is 3.45. The van der Waals surface area contributed by atoms with Crippen LogP contribution >= 0.6 is 0 Å². The predicted octanol–water partition coefficient (Wildman–Crippen LogP) is 4.13. The lowest BCUT2D eigenvalue weighted by Crippen LogP contribution is -2.19. The van der Waals surface area contributed by atoms with Crippen molar-refractivity contribution in [2.75, 3.05) is 0 Å². The highest BCUT2D eigenvalue weighted by Crippen LogP contribution is 2.34. The molecule has 0 aliphatic heterocycles. The molecule has 0 spiro atoms. The molecule has 36 heavy (non-hydrogen) atoms. The van der Waals surface area contributed by atoms with Crippen LogP contribution in [0, 0.1) is 13.8 Å². The molecule has 0 amide bonds. The molecule has 0 saturated carbocycles. The predicted molar refractivity (Wildman–Crippen MR) is 133 cm³/mol. The normalized spacial score (nSPS) is 11.2. The van der Waals surface area contributed by atoms with Crippen LogP contribution in [-0.2, 0) is 11.3 Å². The largest absolute Gasteiger partial charge is 0.460 e. The Morgan fingerprint density at radius 3 is 1.97 bits per heavy atom. The number of rotatable bonds is 7. The van der Waals surface area contributed by atoms with Gasteiger partial charge in [0.25, 0.3) is 11.1 Å². The van der Waals surface area contributed by atoms with Gasteiger partial charge in [-0.05, 0) is 43.7 Å². The van der Waals surface area contributed by atoms with Crippen molar-refractivity contribution in [2.24, 2.45) is 0 Å². The average molecular weight is 485 g/mol. The fourth-order valence-corrected chi connectivity index (χ4v) is 4.28. The molecule has 0 aliphatic rings. The third-order valence-corrected chi connectivity index (χ3v) is 6.13. The van der Waals surface area contributed by atoms with E-state index in [0.717, 1.165) is 11.1 Å². The number of hydrogen-bond acceptors (Lipinski definition) is 5. The summed E-state index contributed by atoms with van der Waals surface area (Å²) in [7, 11) is 0. The summed E-state index contributed by atoms with van der Waals surface area (Å²) in [6.45, 7) is 3.71. The van der Waals surface area contributed by atoms with Crippen LogP contribution in [0.2, 0.25) is 0 Å². The number of aromatic amines is 4. The zero-order chi connectivity index (χ0) is 25.2. The van der Waals surface area contributed by atoms with Crippen molar-refractivity contribution in [3.05, 3.63) is 127 Å². The molecule has 5 rings (SSSR count). The van der Waals surface area contributed by atoms with Crippen molar-refractivity contribution in [3.8, 4) is 11.3 Å². The lowest BCUT2D eigenvalue weighted by atomic mass is 9.89. The summed E-state index contributed by atoms with van der Waals surface area (Å²) in [5.74, 6) is -0.155. The molecule has 4 N–H and O–H groups in total. The molecule has 2 aromatic carbocycles. The van der Waals surface area contributed by atoms with Crippen molar-refractivity contribution in [1.29, 1.82) is 0 Å². The first-order chi connectivity index (χ1) is 17.4. The van der Waals surface area contributed by atoms with Gasteiger partial charge in [0.2, 0.25) is 0 Å². The Kier molecular flexibility index (Phi) is 6.03. The zero-order valence-corrected chi connectivity index (χ0v) is 19.7. The van der Waals surface area contributed by atoms with Crippen molar-refractivity contribution in [1.82, 2.24) is 20.4 Å². The van der Waals surface area contributed by atoms with E-state index in [9.17, 15) is 14.4 Å². The fraction of sp³-hybridized carbons (Fsp3) is 0.148. The van der Waals surface area contributed by atoms with Crippen molar-refractivity contribution < 1.29 is 13.9 Å². The number of aromatic nitrogens is 4. The highest BCUT2D eigenvalue weighted by Gasteiger charge is 2.30. The van der Waals surface area contributed by atoms with Crippen LogP contribution in [0.3, 0.4) is 0 Å². The van der Waals surface area contributed by atoms with E-state index in [4.69, 9.17) is 9.15 Å². The lowest BCUT2D eigenvalue weighted by molar-refractivity contribution is 0.0472. The Morgan fingerprint density at radius 2 is 1.42 bits per heavy atom. The molecule has 5 aromatic rings. The number of aryl methyl sites for hydroxylation is 2. The SMILES string of the molecule is Cc1[nH][nH]c(=O)c1C(c1ccc(-c2ccc(C(=O)OCc3ccccc3)cc2)o1)c1c(C)[nH][nH]c1=O. The summed E-state index contributed by atoms with van der Waals surface area (Å²) in [4.78, 5) is 37.6. The molecule has 0 bridgehead atoms. The van der Waals surface area contributed by atoms with Gasteiger partial charge in [-0.15, -0.1) is 0 Å². The number of esters is 1. The molecule has 182 valence electrons. The minimum Gasteiger partial charge on any atom is -0.460 e. The van der Waals surface area contributed by atoms with Crippen LogP contribution in [0.5, 0.6) is 0 Å². The third-order valence-electron chi connectivity index (χ3n) is 6.13. The number of benzene rings is 2. The second-order valence-corrected chi connectivity index (χ2v) is 8.51. The minimum absolute atomic E-state index is 0.194. The first-order valence-electron chi connectivity index (χ1n) is 11.4. The van der Waals surface area contributed by atoms with Gasteiger partial charge in [-0.3, -0.25) is 19.8 Å². The Balaban J connectivity index is 1.41. The number of H-pyrrole nitrogens is 4. The Hall–Kier alpha value is -4.79. The summed E-state index contributed by atoms with van der Waals surface area (Å²) in [5, 5.41) is 10.8. The number of nitrogens with one attached hydrogen (secondary N) is 4. The van der Waals surface area contributed by atoms with Crippen molar-refractivity contribution in [2.45, 2.75) is 26.4 Å². The smallest absolute Gasteiger partial charge is 0.338 e. The maximum Gasteiger partial charge on any atom is 0.338 e. The number of furan rings is 1. The van der Waals surface area contributed by atoms with Crippen LogP contribution < -0.4 is 11.1 Å². The number of hydrogen-bond donors (Lipinski definition) is 4. The van der Waals surface area contributed by atoms with E-state index in [1.807, 2.05) is 30.3 Å². The van der Waals surface area contributed by atoms with Crippen molar-refractivity contribution >= 4 is 5.97 Å². The molecular weight excluding hydrogens is 460 g/mol. The van der Waals surface area contributed by atoms with Gasteiger partial charge in [0.15, 0.2) is 0 Å². The summed E-state index contributed by atoms with van der Waals surface area (Å²) in [6, 6.07) is 19.9. The maximum atomic E-state index is 12.6. The van der Waals surface area contributed by atoms with Crippen LogP contribution in [0.4, 0.5) is 0 Å². The molecule has 0 radical (unpaired) electrons. The van der Waals surface area contributed by atoms with E-state index in [2.05, 4.69) is 20.4 Å². The summed E-state index contributed by atoms with van der Waals surface area (Å²) in [6.07, 6.45) is 0. The Labute approximate surface area is 205 Å². The first-order valence-corrected chi connectivity index (χ1v) is 11.4. The molecule has 0 aliphatic carbocycles. The maximum absolute atomic E-state index is 12.6. The summed E-state index contributed by atoms with van der Waals surface area (Å²) >= 11 is 0. The molecule has 0 saturated heterocycles. The monoisotopic (exact) mass is 484 g/mol. The quantitative estimate of drug-likeness (QED) is 0.258. The molecular formula is C27H24N4O5. The van der Waals surface area contributed by atoms with Crippen LogP contribution in [0.1, 0.15) is 50.1 Å². The van der Waals surface area contributed by atoms with Gasteiger partial charge in [-0.25, -0.2) is 4.79 Å². The minimum atomic E-state index is -0.712. The molecule has 0 atom stereocenters. The fourth-order valence-electron chi connectivity index (χ4n) is 4.28. The molecule has 0 fully saturated rings. The number of carbonyl (C=O) groups excluding carboxylic acids is 1.